The minimum absolute atomic E-state index is 0.0128. The molecule has 5 rings (SSSR count). The number of amides is 1. The Morgan fingerprint density at radius 2 is 2.18 bits per heavy atom. The molecular weight excluding hydrogens is 420 g/mol. The van der Waals surface area contributed by atoms with Crippen LogP contribution >= 0.6 is 0 Å². The maximum atomic E-state index is 12.5. The van der Waals surface area contributed by atoms with Gasteiger partial charge in [0.1, 0.15) is 12.4 Å². The third-order valence-corrected chi connectivity index (χ3v) is 6.97. The smallest absolute Gasteiger partial charge is 0.318 e. The van der Waals surface area contributed by atoms with Crippen molar-refractivity contribution in [2.45, 2.75) is 44.4 Å². The Labute approximate surface area is 194 Å². The predicted molar refractivity (Wildman–Crippen MR) is 124 cm³/mol. The van der Waals surface area contributed by atoms with E-state index in [1.54, 1.807) is 6.20 Å². The number of hydrogen-bond donors (Lipinski definition) is 2. The first-order chi connectivity index (χ1) is 16.1. The monoisotopic (exact) mass is 452 g/mol. The number of aromatic amines is 1. The summed E-state index contributed by atoms with van der Waals surface area (Å²) in [5, 5.41) is 10.5. The molecule has 10 nitrogen and oxygen atoms in total. The highest BCUT2D eigenvalue weighted by Crippen LogP contribution is 2.29. The molecule has 10 heteroatoms. The van der Waals surface area contributed by atoms with E-state index in [4.69, 9.17) is 14.7 Å². The fourth-order valence-corrected chi connectivity index (χ4v) is 5.10. The fraction of sp³-hybridized carbons (Fsp3) is 0.565. The second kappa shape index (κ2) is 9.48. The normalized spacial score (nSPS) is 23.1. The molecule has 2 N–H and O–H groups in total. The van der Waals surface area contributed by atoms with Crippen LogP contribution in [-0.2, 0) is 24.3 Å². The Morgan fingerprint density at radius 1 is 1.27 bits per heavy atom. The van der Waals surface area contributed by atoms with E-state index in [-0.39, 0.29) is 11.9 Å². The van der Waals surface area contributed by atoms with E-state index in [1.807, 2.05) is 11.0 Å². The maximum Gasteiger partial charge on any atom is 0.318 e. The van der Waals surface area contributed by atoms with Crippen molar-refractivity contribution in [3.05, 3.63) is 41.9 Å². The van der Waals surface area contributed by atoms with Crippen molar-refractivity contribution in [1.29, 1.82) is 0 Å². The number of H-pyrrole nitrogens is 1. The van der Waals surface area contributed by atoms with Crippen molar-refractivity contribution >= 4 is 11.7 Å². The summed E-state index contributed by atoms with van der Waals surface area (Å²) < 4.78 is 6.10. The van der Waals surface area contributed by atoms with Gasteiger partial charge in [-0.1, -0.05) is 6.58 Å². The van der Waals surface area contributed by atoms with Gasteiger partial charge >= 0.3 is 6.01 Å². The third kappa shape index (κ3) is 4.58. The molecule has 33 heavy (non-hydrogen) atoms. The van der Waals surface area contributed by atoms with Crippen molar-refractivity contribution in [2.75, 3.05) is 44.7 Å². The molecule has 176 valence electrons. The summed E-state index contributed by atoms with van der Waals surface area (Å²) in [4.78, 5) is 28.6. The number of ether oxygens (including phenoxy) is 1. The zero-order valence-electron chi connectivity index (χ0n) is 19.2. The number of rotatable bonds is 7. The number of likely N-dealkylation sites (N-methyl/N-ethyl adjacent to an activating group) is 1. The van der Waals surface area contributed by atoms with Crippen LogP contribution in [0.3, 0.4) is 0 Å². The molecule has 2 aromatic heterocycles. The molecule has 0 aliphatic carbocycles. The quantitative estimate of drug-likeness (QED) is 0.593. The van der Waals surface area contributed by atoms with Gasteiger partial charge < -0.3 is 24.8 Å². The lowest BCUT2D eigenvalue weighted by atomic mass is 10.1. The maximum absolute atomic E-state index is 12.5. The van der Waals surface area contributed by atoms with Gasteiger partial charge in [0, 0.05) is 62.6 Å². The van der Waals surface area contributed by atoms with Gasteiger partial charge in [0.2, 0.25) is 5.91 Å². The van der Waals surface area contributed by atoms with E-state index in [1.165, 1.54) is 12.5 Å². The Morgan fingerprint density at radius 3 is 2.94 bits per heavy atom. The first-order valence-corrected chi connectivity index (χ1v) is 11.7. The molecule has 2 atom stereocenters. The number of fused-ring (bicyclic) bond motifs is 1. The van der Waals surface area contributed by atoms with Crippen LogP contribution in [-0.4, -0.2) is 87.8 Å². The molecular formula is C23H32N8O2. The molecule has 0 bridgehead atoms. The van der Waals surface area contributed by atoms with Crippen molar-refractivity contribution in [3.8, 4) is 6.01 Å². The minimum atomic E-state index is -0.0431. The summed E-state index contributed by atoms with van der Waals surface area (Å²) in [5.74, 6) is 0.874. The summed E-state index contributed by atoms with van der Waals surface area (Å²) in [7, 11) is 2.14. The Hall–Kier alpha value is -2.98. The van der Waals surface area contributed by atoms with E-state index < -0.39 is 0 Å². The Bertz CT molecular complexity index is 995. The average molecular weight is 453 g/mol. The van der Waals surface area contributed by atoms with Crippen molar-refractivity contribution in [1.82, 2.24) is 35.3 Å². The first-order valence-electron chi connectivity index (χ1n) is 11.7. The minimum Gasteiger partial charge on any atom is -0.462 e. The van der Waals surface area contributed by atoms with Crippen LogP contribution in [0.5, 0.6) is 6.01 Å². The largest absolute Gasteiger partial charge is 0.462 e. The highest BCUT2D eigenvalue weighted by Gasteiger charge is 2.33. The number of likely N-dealkylation sites (tertiary alicyclic amines) is 1. The lowest BCUT2D eigenvalue weighted by molar-refractivity contribution is -0.128. The van der Waals surface area contributed by atoms with Gasteiger partial charge in [-0.15, -0.1) is 0 Å². The van der Waals surface area contributed by atoms with Gasteiger partial charge in [-0.3, -0.25) is 9.89 Å². The zero-order valence-corrected chi connectivity index (χ0v) is 19.2. The number of carbonyl (C=O) groups is 1. The van der Waals surface area contributed by atoms with Gasteiger partial charge in [-0.2, -0.15) is 15.1 Å². The lowest BCUT2D eigenvalue weighted by Crippen LogP contribution is -2.56. The molecule has 3 aliphatic rings. The standard InChI is InChI=1S/C23H32N8O2/c1-3-21(32)31-10-9-30(14-18(31)11-16-6-7-25-28-16)22-19-12-24-13-20(19)26-23(27-22)33-15-17-5-4-8-29(17)2/h3,6-7,17-18,24H,1,4-5,8-15H2,2H3,(H,25,28)/t17-,18-/m0/s1. The second-order valence-electron chi connectivity index (χ2n) is 9.07. The molecule has 5 heterocycles. The number of nitrogens with one attached hydrogen (secondary N) is 2. The lowest BCUT2D eigenvalue weighted by Gasteiger charge is -2.42. The second-order valence-corrected chi connectivity index (χ2v) is 9.07. The van der Waals surface area contributed by atoms with Gasteiger partial charge in [-0.05, 0) is 38.6 Å². The molecule has 2 fully saturated rings. The highest BCUT2D eigenvalue weighted by atomic mass is 16.5. The summed E-state index contributed by atoms with van der Waals surface area (Å²) in [5.41, 5.74) is 3.14. The summed E-state index contributed by atoms with van der Waals surface area (Å²) in [6.07, 6.45) is 6.18. The predicted octanol–water partition coefficient (Wildman–Crippen LogP) is 0.722. The molecule has 0 saturated carbocycles. The summed E-state index contributed by atoms with van der Waals surface area (Å²) >= 11 is 0. The molecule has 2 saturated heterocycles. The van der Waals surface area contributed by atoms with Crippen molar-refractivity contribution in [2.24, 2.45) is 0 Å². The fourth-order valence-electron chi connectivity index (χ4n) is 5.10. The number of hydrogen-bond acceptors (Lipinski definition) is 8. The van der Waals surface area contributed by atoms with E-state index >= 15 is 0 Å². The Kier molecular flexibility index (Phi) is 6.28. The van der Waals surface area contributed by atoms with Crippen LogP contribution in [0.1, 0.15) is 29.8 Å². The van der Waals surface area contributed by atoms with Crippen LogP contribution in [0.15, 0.2) is 24.9 Å². The van der Waals surface area contributed by atoms with Gasteiger partial charge in [0.15, 0.2) is 0 Å². The SMILES string of the molecule is C=CC(=O)N1CCN(c2nc(OC[C@@H]3CCCN3C)nc3c2CNC3)C[C@@H]1Cc1ccn[nH]1. The molecule has 0 aromatic carbocycles. The molecule has 0 radical (unpaired) electrons. The number of anilines is 1. The molecule has 3 aliphatic heterocycles. The summed E-state index contributed by atoms with van der Waals surface area (Å²) in [6.45, 7) is 8.85. The average Bonchev–Trinajstić information content (AvgIpc) is 3.59. The molecule has 0 spiro atoms. The molecule has 1 amide bonds. The summed E-state index contributed by atoms with van der Waals surface area (Å²) in [6, 6.07) is 2.80. The van der Waals surface area contributed by atoms with E-state index in [0.29, 0.717) is 44.7 Å². The van der Waals surface area contributed by atoms with Crippen LogP contribution in [0.2, 0.25) is 0 Å². The zero-order chi connectivity index (χ0) is 22.8. The number of aromatic nitrogens is 4. The third-order valence-electron chi connectivity index (χ3n) is 6.97. The van der Waals surface area contributed by atoms with Crippen LogP contribution in [0.4, 0.5) is 5.82 Å². The van der Waals surface area contributed by atoms with Crippen LogP contribution in [0.25, 0.3) is 0 Å². The van der Waals surface area contributed by atoms with E-state index in [0.717, 1.165) is 48.8 Å². The van der Waals surface area contributed by atoms with Crippen molar-refractivity contribution < 1.29 is 9.53 Å². The topological polar surface area (TPSA) is 103 Å². The number of nitrogens with zero attached hydrogens (tertiary/aromatic N) is 6. The van der Waals surface area contributed by atoms with E-state index in [2.05, 4.69) is 38.9 Å². The first kappa shape index (κ1) is 21.8. The molecule has 0 unspecified atom stereocenters. The number of carbonyl (C=O) groups excluding carboxylic acids is 1. The van der Waals surface area contributed by atoms with Gasteiger partial charge in [0.25, 0.3) is 0 Å². The Balaban J connectivity index is 1.37. The molecule has 2 aromatic rings. The van der Waals surface area contributed by atoms with Gasteiger partial charge in [0.05, 0.1) is 11.7 Å². The van der Waals surface area contributed by atoms with Crippen LogP contribution in [0, 0.1) is 0 Å². The van der Waals surface area contributed by atoms with E-state index in [9.17, 15) is 4.79 Å². The number of piperazine rings is 1. The van der Waals surface area contributed by atoms with Crippen LogP contribution < -0.4 is 15.0 Å². The van der Waals surface area contributed by atoms with Gasteiger partial charge in [-0.25, -0.2) is 0 Å². The highest BCUT2D eigenvalue weighted by molar-refractivity contribution is 5.87. The van der Waals surface area contributed by atoms with Crippen molar-refractivity contribution in [3.63, 3.8) is 0 Å².